The van der Waals surface area contributed by atoms with Crippen LogP contribution < -0.4 is 5.32 Å². The summed E-state index contributed by atoms with van der Waals surface area (Å²) in [6.45, 7) is 0.316. The molecule has 0 bridgehead atoms. The van der Waals surface area contributed by atoms with Crippen LogP contribution >= 0.6 is 22.9 Å². The average Bonchev–Trinajstić information content (AvgIpc) is 2.84. The number of methoxy groups -OCH3 is 1. The Kier molecular flexibility index (Phi) is 4.99. The molecule has 5 nitrogen and oxygen atoms in total. The number of carbonyl (C=O) groups is 1. The van der Waals surface area contributed by atoms with Crippen LogP contribution in [0.3, 0.4) is 0 Å². The van der Waals surface area contributed by atoms with Crippen molar-refractivity contribution < 1.29 is 13.9 Å². The molecule has 0 saturated carbocycles. The van der Waals surface area contributed by atoms with Crippen LogP contribution in [0.4, 0.5) is 9.52 Å². The second-order valence-electron chi connectivity index (χ2n) is 3.80. The number of nitrogens with one attached hydrogen (secondary N) is 1. The molecule has 0 spiro atoms. The molecule has 106 valence electrons. The molecule has 0 unspecified atom stereocenters. The monoisotopic (exact) mass is 315 g/mol. The zero-order valence-electron chi connectivity index (χ0n) is 10.5. The molecule has 0 fully saturated rings. The molecule has 8 heteroatoms. The number of hydrogen-bond donors (Lipinski definition) is 1. The topological polar surface area (TPSA) is 64.1 Å². The van der Waals surface area contributed by atoms with Gasteiger partial charge in [0.15, 0.2) is 5.01 Å². The molecule has 0 atom stereocenters. The van der Waals surface area contributed by atoms with Crippen molar-refractivity contribution >= 4 is 34.0 Å². The predicted molar refractivity (Wildman–Crippen MR) is 75.4 cm³/mol. The fraction of sp³-hybridized carbons (Fsp3) is 0.250. The molecule has 20 heavy (non-hydrogen) atoms. The third-order valence-electron chi connectivity index (χ3n) is 2.38. The summed E-state index contributed by atoms with van der Waals surface area (Å²) in [4.78, 5) is 11.5. The van der Waals surface area contributed by atoms with E-state index in [-0.39, 0.29) is 22.9 Å². The van der Waals surface area contributed by atoms with Gasteiger partial charge in [-0.3, -0.25) is 4.79 Å². The maximum atomic E-state index is 13.7. The molecule has 2 aromatic rings. The fourth-order valence-corrected chi connectivity index (χ4v) is 2.58. The molecule has 1 aromatic carbocycles. The summed E-state index contributed by atoms with van der Waals surface area (Å²) in [5, 5.41) is 11.1. The Morgan fingerprint density at radius 2 is 2.30 bits per heavy atom. The van der Waals surface area contributed by atoms with Gasteiger partial charge in [0.1, 0.15) is 5.82 Å². The molecule has 0 aliphatic heterocycles. The number of carbonyl (C=O) groups excluding carboxylic acids is 1. The van der Waals surface area contributed by atoms with E-state index < -0.39 is 5.82 Å². The first-order valence-corrected chi connectivity index (χ1v) is 6.88. The van der Waals surface area contributed by atoms with Crippen LogP contribution in [0.15, 0.2) is 18.2 Å². The summed E-state index contributed by atoms with van der Waals surface area (Å²) < 4.78 is 18.5. The van der Waals surface area contributed by atoms with Gasteiger partial charge in [-0.05, 0) is 12.1 Å². The number of hydrogen-bond acceptors (Lipinski definition) is 5. The van der Waals surface area contributed by atoms with Crippen LogP contribution in [0.1, 0.15) is 6.42 Å². The lowest BCUT2D eigenvalue weighted by Crippen LogP contribution is -2.13. The van der Waals surface area contributed by atoms with Crippen LogP contribution in [-0.4, -0.2) is 29.8 Å². The molecule has 2 rings (SSSR count). The second kappa shape index (κ2) is 6.74. The average molecular weight is 316 g/mol. The minimum Gasteiger partial charge on any atom is -0.384 e. The van der Waals surface area contributed by atoms with Crippen LogP contribution in [-0.2, 0) is 9.53 Å². The van der Waals surface area contributed by atoms with Gasteiger partial charge in [-0.25, -0.2) is 4.39 Å². The first-order chi connectivity index (χ1) is 9.61. The summed E-state index contributed by atoms with van der Waals surface area (Å²) in [6.07, 6.45) is 0.214. The van der Waals surface area contributed by atoms with Crippen molar-refractivity contribution in [3.05, 3.63) is 29.0 Å². The van der Waals surface area contributed by atoms with E-state index in [9.17, 15) is 9.18 Å². The molecule has 0 aliphatic rings. The lowest BCUT2D eigenvalue weighted by molar-refractivity contribution is -0.117. The van der Waals surface area contributed by atoms with Crippen LogP contribution in [0.2, 0.25) is 5.02 Å². The van der Waals surface area contributed by atoms with Gasteiger partial charge in [0.05, 0.1) is 23.6 Å². The Hall–Kier alpha value is -1.57. The first kappa shape index (κ1) is 14.8. The maximum absolute atomic E-state index is 13.7. The lowest BCUT2D eigenvalue weighted by atomic mass is 10.2. The van der Waals surface area contributed by atoms with Gasteiger partial charge in [0.25, 0.3) is 0 Å². The van der Waals surface area contributed by atoms with Crippen molar-refractivity contribution in [1.82, 2.24) is 10.2 Å². The molecule has 0 radical (unpaired) electrons. The van der Waals surface area contributed by atoms with Crippen molar-refractivity contribution in [2.45, 2.75) is 6.42 Å². The summed E-state index contributed by atoms with van der Waals surface area (Å²) in [5.41, 5.74) is 0.184. The van der Waals surface area contributed by atoms with Gasteiger partial charge >= 0.3 is 0 Å². The van der Waals surface area contributed by atoms with E-state index in [0.717, 1.165) is 11.3 Å². The summed E-state index contributed by atoms with van der Waals surface area (Å²) >= 11 is 7.00. The Labute approximate surface area is 123 Å². The maximum Gasteiger partial charge on any atom is 0.228 e. The molecule has 1 N–H and O–H groups in total. The zero-order valence-corrected chi connectivity index (χ0v) is 12.1. The Bertz CT molecular complexity index is 600. The Morgan fingerprint density at radius 1 is 1.50 bits per heavy atom. The lowest BCUT2D eigenvalue weighted by Gasteiger charge is -2.00. The quantitative estimate of drug-likeness (QED) is 0.921. The highest BCUT2D eigenvalue weighted by Gasteiger charge is 2.15. The Balaban J connectivity index is 2.15. The largest absolute Gasteiger partial charge is 0.384 e. The van der Waals surface area contributed by atoms with Crippen molar-refractivity contribution in [1.29, 1.82) is 0 Å². The number of ether oxygens (including phenoxy) is 1. The normalized spacial score (nSPS) is 10.6. The summed E-state index contributed by atoms with van der Waals surface area (Å²) in [5.74, 6) is -0.722. The minimum absolute atomic E-state index is 0.184. The fourth-order valence-electron chi connectivity index (χ4n) is 1.45. The van der Waals surface area contributed by atoms with Crippen molar-refractivity contribution in [2.75, 3.05) is 19.0 Å². The molecule has 0 aliphatic carbocycles. The number of halogens is 2. The van der Waals surface area contributed by atoms with Gasteiger partial charge in [-0.15, -0.1) is 10.2 Å². The predicted octanol–water partition coefficient (Wildman–Crippen LogP) is 2.97. The third-order valence-corrected chi connectivity index (χ3v) is 3.55. The molecular weight excluding hydrogens is 305 g/mol. The highest BCUT2D eigenvalue weighted by atomic mass is 35.5. The third kappa shape index (κ3) is 3.50. The van der Waals surface area contributed by atoms with Crippen molar-refractivity contribution in [3.8, 4) is 10.6 Å². The summed E-state index contributed by atoms with van der Waals surface area (Å²) in [6, 6.07) is 4.37. The van der Waals surface area contributed by atoms with Crippen molar-refractivity contribution in [2.24, 2.45) is 0 Å². The minimum atomic E-state index is -0.481. The standard InChI is InChI=1S/C12H11ClFN3O2S/c1-19-6-5-9(18)15-12-17-16-11(20-12)10-7(13)3-2-4-8(10)14/h2-4H,5-6H2,1H3,(H,15,17,18). The number of rotatable bonds is 5. The Morgan fingerprint density at radius 3 is 3.00 bits per heavy atom. The molecule has 1 heterocycles. The number of aromatic nitrogens is 2. The van der Waals surface area contributed by atoms with E-state index in [1.807, 2.05) is 0 Å². The number of anilines is 1. The number of amides is 1. The smallest absolute Gasteiger partial charge is 0.228 e. The second-order valence-corrected chi connectivity index (χ2v) is 5.18. The number of nitrogens with zero attached hydrogens (tertiary/aromatic N) is 2. The number of benzene rings is 1. The van der Waals surface area contributed by atoms with Gasteiger partial charge in [0.2, 0.25) is 11.0 Å². The van der Waals surface area contributed by atoms with Gasteiger partial charge in [0, 0.05) is 7.11 Å². The van der Waals surface area contributed by atoms with Gasteiger partial charge in [-0.1, -0.05) is 29.0 Å². The molecule has 1 aromatic heterocycles. The molecule has 1 amide bonds. The SMILES string of the molecule is COCCC(=O)Nc1nnc(-c2c(F)cccc2Cl)s1. The highest BCUT2D eigenvalue weighted by molar-refractivity contribution is 7.18. The van der Waals surface area contributed by atoms with E-state index in [1.54, 1.807) is 6.07 Å². The van der Waals surface area contributed by atoms with Gasteiger partial charge < -0.3 is 10.1 Å². The van der Waals surface area contributed by atoms with Crippen LogP contribution in [0, 0.1) is 5.82 Å². The van der Waals surface area contributed by atoms with E-state index in [4.69, 9.17) is 16.3 Å². The summed E-state index contributed by atoms with van der Waals surface area (Å²) in [7, 11) is 1.51. The van der Waals surface area contributed by atoms with Crippen molar-refractivity contribution in [3.63, 3.8) is 0 Å². The van der Waals surface area contributed by atoms with E-state index in [0.29, 0.717) is 16.7 Å². The molecule has 0 saturated heterocycles. The molecular formula is C12H11ClFN3O2S. The van der Waals surface area contributed by atoms with Crippen LogP contribution in [0.25, 0.3) is 10.6 Å². The van der Waals surface area contributed by atoms with Crippen LogP contribution in [0.5, 0.6) is 0 Å². The van der Waals surface area contributed by atoms with E-state index in [1.165, 1.54) is 19.2 Å². The first-order valence-electron chi connectivity index (χ1n) is 5.68. The van der Waals surface area contributed by atoms with E-state index in [2.05, 4.69) is 15.5 Å². The van der Waals surface area contributed by atoms with Gasteiger partial charge in [-0.2, -0.15) is 0 Å². The zero-order chi connectivity index (χ0) is 14.5. The van der Waals surface area contributed by atoms with E-state index >= 15 is 0 Å². The highest BCUT2D eigenvalue weighted by Crippen LogP contribution is 2.33.